The smallest absolute Gasteiger partial charge is 0.407 e. The van der Waals surface area contributed by atoms with Crippen LogP contribution in [0.5, 0.6) is 0 Å². The first-order chi connectivity index (χ1) is 30.7. The number of ether oxygens (including phenoxy) is 4. The molecular weight excluding hydrogens is 819 g/mol. The van der Waals surface area contributed by atoms with Crippen LogP contribution in [0.1, 0.15) is 89.2 Å². The lowest BCUT2D eigenvalue weighted by molar-refractivity contribution is -0.170. The monoisotopic (exact) mass is 879 g/mol. The van der Waals surface area contributed by atoms with Crippen LogP contribution in [0.25, 0.3) is 11.1 Å². The Hall–Kier alpha value is -5.60. The predicted octanol–water partition coefficient (Wildman–Crippen LogP) is 5.83. The van der Waals surface area contributed by atoms with Crippen molar-refractivity contribution in [2.24, 2.45) is 34.5 Å². The molecule has 5 aliphatic carbocycles. The molecule has 0 heterocycles. The van der Waals surface area contributed by atoms with E-state index in [0.717, 1.165) is 47.1 Å². The van der Waals surface area contributed by atoms with Crippen molar-refractivity contribution in [1.29, 1.82) is 0 Å². The SMILES string of the molecule is C=CCOC(=O)CC[C@H](NC(=O)CNC(=O)OCC1c2ccccc2-c2ccccc21)C(=O)NCOCCCC(=O)OC1C(C)CC2C3CCC4=CC(=O)C=CC4(C)C3C(O)CC21C. The van der Waals surface area contributed by atoms with Gasteiger partial charge < -0.3 is 40.0 Å². The molecule has 0 bridgehead atoms. The molecule has 7 rings (SSSR count). The van der Waals surface area contributed by atoms with Crippen molar-refractivity contribution in [2.45, 2.75) is 96.3 Å². The molecule has 8 unspecified atom stereocenters. The lowest BCUT2D eigenvalue weighted by Gasteiger charge is -2.58. The largest absolute Gasteiger partial charge is 0.461 e. The second kappa shape index (κ2) is 20.1. The van der Waals surface area contributed by atoms with Gasteiger partial charge in [-0.1, -0.05) is 93.6 Å². The first-order valence-corrected chi connectivity index (χ1v) is 22.6. The summed E-state index contributed by atoms with van der Waals surface area (Å²) in [5.41, 5.74) is 4.62. The van der Waals surface area contributed by atoms with E-state index in [1.807, 2.05) is 54.6 Å². The molecule has 0 saturated heterocycles. The molecule has 0 aliphatic heterocycles. The molecule has 4 N–H and O–H groups in total. The van der Waals surface area contributed by atoms with E-state index in [-0.39, 0.29) is 104 Å². The molecule has 3 saturated carbocycles. The third-order valence-corrected chi connectivity index (χ3v) is 14.4. The number of carbonyl (C=O) groups is 6. The van der Waals surface area contributed by atoms with Crippen molar-refractivity contribution in [1.82, 2.24) is 16.0 Å². The number of ketones is 1. The predicted molar refractivity (Wildman–Crippen MR) is 236 cm³/mol. The van der Waals surface area contributed by atoms with Gasteiger partial charge in [-0.25, -0.2) is 4.79 Å². The number of fused-ring (bicyclic) bond motifs is 8. The summed E-state index contributed by atoms with van der Waals surface area (Å²) in [7, 11) is 0. The topological polar surface area (TPSA) is 196 Å². The average molecular weight is 880 g/mol. The highest BCUT2D eigenvalue weighted by atomic mass is 16.6. The van der Waals surface area contributed by atoms with Crippen LogP contribution in [0, 0.1) is 34.5 Å². The van der Waals surface area contributed by atoms with Gasteiger partial charge in [-0.15, -0.1) is 0 Å². The van der Waals surface area contributed by atoms with E-state index in [0.29, 0.717) is 12.8 Å². The summed E-state index contributed by atoms with van der Waals surface area (Å²) in [4.78, 5) is 76.5. The van der Waals surface area contributed by atoms with Gasteiger partial charge in [-0.05, 0) is 90.7 Å². The maximum Gasteiger partial charge on any atom is 0.407 e. The molecule has 64 heavy (non-hydrogen) atoms. The quantitative estimate of drug-likeness (QED) is 0.0463. The van der Waals surface area contributed by atoms with Crippen molar-refractivity contribution in [3.05, 3.63) is 96.1 Å². The molecule has 0 radical (unpaired) electrons. The number of hydrogen-bond acceptors (Lipinski definition) is 11. The number of alkyl carbamates (subject to hydrolysis) is 1. The van der Waals surface area contributed by atoms with Crippen molar-refractivity contribution in [3.8, 4) is 11.1 Å². The zero-order valence-corrected chi connectivity index (χ0v) is 37.0. The van der Waals surface area contributed by atoms with Gasteiger partial charge >= 0.3 is 18.0 Å². The van der Waals surface area contributed by atoms with Crippen LogP contribution in [0.2, 0.25) is 0 Å². The van der Waals surface area contributed by atoms with Gasteiger partial charge in [-0.3, -0.25) is 24.0 Å². The van der Waals surface area contributed by atoms with Gasteiger partial charge in [-0.2, -0.15) is 0 Å². The van der Waals surface area contributed by atoms with Crippen LogP contribution in [0.3, 0.4) is 0 Å². The fourth-order valence-corrected chi connectivity index (χ4v) is 11.5. The minimum atomic E-state index is -1.16. The molecule has 2 aromatic rings. The number of carbonyl (C=O) groups excluding carboxylic acids is 6. The molecule has 3 fully saturated rings. The maximum absolute atomic E-state index is 13.2. The maximum atomic E-state index is 13.2. The number of rotatable bonds is 18. The van der Waals surface area contributed by atoms with Crippen LogP contribution in [-0.2, 0) is 42.9 Å². The van der Waals surface area contributed by atoms with Crippen LogP contribution in [-0.4, -0.2) is 92.1 Å². The fourth-order valence-electron chi connectivity index (χ4n) is 11.5. The van der Waals surface area contributed by atoms with E-state index in [1.165, 1.54) is 6.08 Å². The fraction of sp³-hybridized carbons (Fsp3) is 0.520. The zero-order chi connectivity index (χ0) is 45.6. The minimum Gasteiger partial charge on any atom is -0.461 e. The molecule has 2 aromatic carbocycles. The minimum absolute atomic E-state index is 0.00151. The lowest BCUT2D eigenvalue weighted by atomic mass is 9.47. The standard InChI is InChI=1S/C50H61N3O11/c1-5-22-62-43(57)19-18-40(53-42(56)27-51-48(60)63-28-38-35-13-8-6-11-33(35)34-12-7-9-14-36(34)38)47(59)52-29-61-23-10-15-44(58)64-46-30(2)24-39-37-17-16-31-25-32(54)20-21-49(31,3)45(37)41(55)26-50(39,46)4/h5-9,11-14,20-21,25,30,37-41,45-46,55H,1,10,15-19,22-24,26-29H2,2-4H3,(H,51,60)(H,52,59)(H,53,56)/t30?,37?,39?,40-,41?,45?,46?,49?,50?/m0/s1. The van der Waals surface area contributed by atoms with E-state index in [9.17, 15) is 33.9 Å². The van der Waals surface area contributed by atoms with Crippen LogP contribution in [0.15, 0.2) is 85.0 Å². The van der Waals surface area contributed by atoms with Crippen molar-refractivity contribution in [3.63, 3.8) is 0 Å². The Morgan fingerprint density at radius 2 is 1.69 bits per heavy atom. The van der Waals surface area contributed by atoms with E-state index in [4.69, 9.17) is 18.9 Å². The Morgan fingerprint density at radius 3 is 2.41 bits per heavy atom. The van der Waals surface area contributed by atoms with Gasteiger partial charge in [0.25, 0.3) is 0 Å². The summed E-state index contributed by atoms with van der Waals surface area (Å²) < 4.78 is 22.4. The van der Waals surface area contributed by atoms with Crippen molar-refractivity contribution < 1.29 is 52.8 Å². The number of benzene rings is 2. The first kappa shape index (κ1) is 46.4. The molecule has 0 spiro atoms. The highest BCUT2D eigenvalue weighted by Gasteiger charge is 2.64. The summed E-state index contributed by atoms with van der Waals surface area (Å²) in [6.45, 7) is 9.43. The molecule has 342 valence electrons. The Kier molecular flexibility index (Phi) is 14.5. The number of esters is 2. The summed E-state index contributed by atoms with van der Waals surface area (Å²) in [5.74, 6) is -1.75. The zero-order valence-electron chi connectivity index (χ0n) is 37.0. The average Bonchev–Trinajstić information content (AvgIpc) is 3.73. The van der Waals surface area contributed by atoms with Crippen molar-refractivity contribution in [2.75, 3.05) is 33.1 Å². The molecule has 14 heteroatoms. The number of aliphatic hydroxyl groups is 1. The lowest BCUT2D eigenvalue weighted by Crippen LogP contribution is -2.57. The molecule has 0 aromatic heterocycles. The summed E-state index contributed by atoms with van der Waals surface area (Å²) in [6.07, 6.45) is 8.34. The highest BCUT2D eigenvalue weighted by molar-refractivity contribution is 6.01. The molecule has 14 nitrogen and oxygen atoms in total. The Labute approximate surface area is 374 Å². The number of amides is 3. The number of hydrogen-bond donors (Lipinski definition) is 4. The van der Waals surface area contributed by atoms with Gasteiger partial charge in [0, 0.05) is 42.1 Å². The van der Waals surface area contributed by atoms with E-state index in [1.54, 1.807) is 12.2 Å². The molecule has 5 aliphatic rings. The number of nitrogens with one attached hydrogen (secondary N) is 3. The van der Waals surface area contributed by atoms with Crippen molar-refractivity contribution >= 4 is 35.6 Å². The molecular formula is C50H61N3O11. The summed E-state index contributed by atoms with van der Waals surface area (Å²) in [6, 6.07) is 14.7. The van der Waals surface area contributed by atoms with Gasteiger partial charge in [0.2, 0.25) is 11.8 Å². The van der Waals surface area contributed by atoms with Gasteiger partial charge in [0.15, 0.2) is 5.78 Å². The Morgan fingerprint density at radius 1 is 0.969 bits per heavy atom. The van der Waals surface area contributed by atoms with Gasteiger partial charge in [0.1, 0.15) is 38.6 Å². The third kappa shape index (κ3) is 9.87. The highest BCUT2D eigenvalue weighted by Crippen LogP contribution is 2.66. The van der Waals surface area contributed by atoms with Crippen LogP contribution >= 0.6 is 0 Å². The second-order valence-electron chi connectivity index (χ2n) is 18.4. The van der Waals surface area contributed by atoms with E-state index >= 15 is 0 Å². The van der Waals surface area contributed by atoms with E-state index < -0.39 is 42.6 Å². The van der Waals surface area contributed by atoms with Crippen LogP contribution < -0.4 is 16.0 Å². The molecule has 9 atom stereocenters. The van der Waals surface area contributed by atoms with Crippen LogP contribution in [0.4, 0.5) is 4.79 Å². The Balaban J connectivity index is 0.839. The van der Waals surface area contributed by atoms with Gasteiger partial charge in [0.05, 0.1) is 6.10 Å². The molecule has 3 amide bonds. The number of allylic oxidation sites excluding steroid dienone is 4. The number of aliphatic hydroxyl groups excluding tert-OH is 1. The first-order valence-electron chi connectivity index (χ1n) is 22.6. The van der Waals surface area contributed by atoms with E-state index in [2.05, 4.69) is 43.3 Å². The summed E-state index contributed by atoms with van der Waals surface area (Å²) in [5, 5.41) is 19.3. The second-order valence-corrected chi connectivity index (χ2v) is 18.4. The third-order valence-electron chi connectivity index (χ3n) is 14.4. The Bertz CT molecular complexity index is 2140. The normalized spacial score (nSPS) is 27.9. The summed E-state index contributed by atoms with van der Waals surface area (Å²) >= 11 is 0.